The van der Waals surface area contributed by atoms with E-state index in [9.17, 15) is 4.79 Å². The van der Waals surface area contributed by atoms with Crippen molar-refractivity contribution < 1.29 is 9.53 Å². The van der Waals surface area contributed by atoms with Crippen molar-refractivity contribution in [3.8, 4) is 0 Å². The number of hydrogen-bond donors (Lipinski definition) is 0. The van der Waals surface area contributed by atoms with Crippen LogP contribution in [0.2, 0.25) is 0 Å². The van der Waals surface area contributed by atoms with Gasteiger partial charge in [0.2, 0.25) is 0 Å². The second-order valence-electron chi connectivity index (χ2n) is 6.07. The quantitative estimate of drug-likeness (QED) is 0.459. The highest BCUT2D eigenvalue weighted by molar-refractivity contribution is 6.13. The number of benzene rings is 2. The van der Waals surface area contributed by atoms with Crippen LogP contribution in [0.15, 0.2) is 93.8 Å². The monoisotopic (exact) mass is 344 g/mol. The lowest BCUT2D eigenvalue weighted by atomic mass is 10.0. The summed E-state index contributed by atoms with van der Waals surface area (Å²) in [5.74, 6) is 0.226. The number of esters is 1. The van der Waals surface area contributed by atoms with Gasteiger partial charge in [-0.15, -0.1) is 5.10 Å². The Balaban J connectivity index is 1.96. The third-order valence-corrected chi connectivity index (χ3v) is 4.18. The molecule has 0 radical (unpaired) electrons. The first-order valence-electron chi connectivity index (χ1n) is 8.41. The highest BCUT2D eigenvalue weighted by Gasteiger charge is 2.23. The van der Waals surface area contributed by atoms with E-state index in [1.165, 1.54) is 0 Å². The van der Waals surface area contributed by atoms with E-state index in [-0.39, 0.29) is 5.97 Å². The van der Waals surface area contributed by atoms with Gasteiger partial charge in [0.05, 0.1) is 5.71 Å². The Morgan fingerprint density at radius 3 is 1.85 bits per heavy atom. The number of carbonyl (C=O) groups excluding carboxylic acids is 1. The Hall–Kier alpha value is -3.27. The van der Waals surface area contributed by atoms with Crippen molar-refractivity contribution in [1.82, 2.24) is 0 Å². The topological polar surface area (TPSA) is 51.0 Å². The summed E-state index contributed by atoms with van der Waals surface area (Å²) in [6, 6.07) is 19.8. The van der Waals surface area contributed by atoms with E-state index in [2.05, 4.69) is 10.2 Å². The van der Waals surface area contributed by atoms with Crippen molar-refractivity contribution in [2.24, 2.45) is 10.2 Å². The molecule has 4 nitrogen and oxygen atoms in total. The van der Waals surface area contributed by atoms with Crippen molar-refractivity contribution in [2.75, 3.05) is 0 Å². The van der Waals surface area contributed by atoms with E-state index in [0.29, 0.717) is 17.0 Å². The Morgan fingerprint density at radius 1 is 0.846 bits per heavy atom. The Labute approximate surface area is 153 Å². The molecule has 1 heterocycles. The maximum absolute atomic E-state index is 11.6. The number of allylic oxidation sites excluding steroid dienone is 2. The molecule has 0 spiro atoms. The van der Waals surface area contributed by atoms with Gasteiger partial charge in [-0.2, -0.15) is 5.10 Å². The minimum absolute atomic E-state index is 0.306. The third-order valence-electron chi connectivity index (χ3n) is 4.18. The lowest BCUT2D eigenvalue weighted by Gasteiger charge is -2.05. The number of carbonyl (C=O) groups is 1. The Bertz CT molecular complexity index is 895. The Morgan fingerprint density at radius 2 is 1.38 bits per heavy atom. The molecule has 1 aliphatic rings. The van der Waals surface area contributed by atoms with Crippen LogP contribution in [0.5, 0.6) is 0 Å². The fraction of sp³-hybridized carbons (Fsp3) is 0.136. The maximum Gasteiger partial charge on any atom is 0.339 e. The fourth-order valence-corrected chi connectivity index (χ4v) is 2.55. The molecule has 0 aromatic heterocycles. The lowest BCUT2D eigenvalue weighted by molar-refractivity contribution is -0.133. The van der Waals surface area contributed by atoms with Crippen molar-refractivity contribution in [1.29, 1.82) is 0 Å². The minimum atomic E-state index is -0.306. The van der Waals surface area contributed by atoms with Crippen LogP contribution >= 0.6 is 0 Å². The summed E-state index contributed by atoms with van der Waals surface area (Å²) in [7, 11) is 0. The number of hydrogen-bond acceptors (Lipinski definition) is 4. The molecule has 0 saturated carbocycles. The standard InChI is InChI=1S/C22H20N2O2/c1-15(14-20-16(2)17(3)22(25)26-20)23-24-21(18-10-6-4-7-11-18)19-12-8-5-9-13-19/h4-14H,1-3H3/b20-14-,23-15+. The molecular formula is C22H20N2O2. The van der Waals surface area contributed by atoms with Gasteiger partial charge in [0.25, 0.3) is 0 Å². The highest BCUT2D eigenvalue weighted by Crippen LogP contribution is 2.25. The van der Waals surface area contributed by atoms with Gasteiger partial charge in [-0.25, -0.2) is 4.79 Å². The summed E-state index contributed by atoms with van der Waals surface area (Å²) in [4.78, 5) is 11.6. The smallest absolute Gasteiger partial charge is 0.339 e. The Kier molecular flexibility index (Phi) is 5.23. The predicted molar refractivity (Wildman–Crippen MR) is 104 cm³/mol. The summed E-state index contributed by atoms with van der Waals surface area (Å²) < 4.78 is 5.25. The molecule has 0 fully saturated rings. The molecule has 2 aromatic carbocycles. The number of ether oxygens (including phenoxy) is 1. The number of rotatable bonds is 4. The molecule has 26 heavy (non-hydrogen) atoms. The van der Waals surface area contributed by atoms with Crippen LogP contribution in [0.1, 0.15) is 31.9 Å². The van der Waals surface area contributed by atoms with Crippen LogP contribution in [-0.2, 0) is 9.53 Å². The maximum atomic E-state index is 11.6. The fourth-order valence-electron chi connectivity index (χ4n) is 2.55. The van der Waals surface area contributed by atoms with Crippen molar-refractivity contribution in [3.05, 3.63) is 94.8 Å². The van der Waals surface area contributed by atoms with Crippen LogP contribution < -0.4 is 0 Å². The molecule has 0 N–H and O–H groups in total. The normalized spacial score (nSPS) is 16.0. The molecule has 0 unspecified atom stereocenters. The van der Waals surface area contributed by atoms with Gasteiger partial charge in [0.1, 0.15) is 11.5 Å². The van der Waals surface area contributed by atoms with Crippen LogP contribution in [-0.4, -0.2) is 17.4 Å². The van der Waals surface area contributed by atoms with E-state index in [4.69, 9.17) is 4.74 Å². The SMILES string of the molecule is CC1=C(C)/C(=C/C(C)=N/N=C(c2ccccc2)c2ccccc2)OC1=O. The predicted octanol–water partition coefficient (Wildman–Crippen LogP) is 4.68. The molecule has 0 amide bonds. The molecule has 0 aliphatic carbocycles. The van der Waals surface area contributed by atoms with Gasteiger partial charge in [-0.05, 0) is 20.8 Å². The van der Waals surface area contributed by atoms with Crippen LogP contribution in [0.4, 0.5) is 0 Å². The minimum Gasteiger partial charge on any atom is -0.423 e. The summed E-state index contributed by atoms with van der Waals surface area (Å²) in [5, 5.41) is 8.81. The van der Waals surface area contributed by atoms with Crippen LogP contribution in [0, 0.1) is 0 Å². The first-order valence-corrected chi connectivity index (χ1v) is 8.41. The zero-order valence-corrected chi connectivity index (χ0v) is 15.1. The first-order chi connectivity index (χ1) is 12.6. The summed E-state index contributed by atoms with van der Waals surface area (Å²) in [6.07, 6.45) is 1.74. The van der Waals surface area contributed by atoms with Crippen molar-refractivity contribution in [2.45, 2.75) is 20.8 Å². The molecule has 2 aromatic rings. The zero-order valence-electron chi connectivity index (χ0n) is 15.1. The zero-order chi connectivity index (χ0) is 18.5. The molecule has 4 heteroatoms. The average molecular weight is 344 g/mol. The molecule has 0 bridgehead atoms. The van der Waals surface area contributed by atoms with Crippen LogP contribution in [0.25, 0.3) is 0 Å². The van der Waals surface area contributed by atoms with Gasteiger partial charge in [-0.1, -0.05) is 60.7 Å². The number of nitrogens with zero attached hydrogens (tertiary/aromatic N) is 2. The molecule has 0 atom stereocenters. The van der Waals surface area contributed by atoms with Gasteiger partial charge in [0.15, 0.2) is 0 Å². The van der Waals surface area contributed by atoms with E-state index >= 15 is 0 Å². The van der Waals surface area contributed by atoms with Gasteiger partial charge in [-0.3, -0.25) is 0 Å². The van der Waals surface area contributed by atoms with Crippen molar-refractivity contribution >= 4 is 17.4 Å². The van der Waals surface area contributed by atoms with Crippen LogP contribution in [0.3, 0.4) is 0 Å². The van der Waals surface area contributed by atoms with E-state index < -0.39 is 0 Å². The summed E-state index contributed by atoms with van der Waals surface area (Å²) in [6.45, 7) is 5.45. The molecule has 130 valence electrons. The van der Waals surface area contributed by atoms with Gasteiger partial charge < -0.3 is 4.74 Å². The highest BCUT2D eigenvalue weighted by atomic mass is 16.5. The average Bonchev–Trinajstić information content (AvgIpc) is 2.90. The second-order valence-corrected chi connectivity index (χ2v) is 6.07. The van der Waals surface area contributed by atoms with Gasteiger partial charge >= 0.3 is 5.97 Å². The summed E-state index contributed by atoms with van der Waals surface area (Å²) >= 11 is 0. The van der Waals surface area contributed by atoms with E-state index in [1.54, 1.807) is 13.0 Å². The van der Waals surface area contributed by atoms with Gasteiger partial charge in [0, 0.05) is 28.3 Å². The molecule has 0 saturated heterocycles. The molecule has 1 aliphatic heterocycles. The molecule has 3 rings (SSSR count). The van der Waals surface area contributed by atoms with E-state index in [1.807, 2.05) is 74.5 Å². The lowest BCUT2D eigenvalue weighted by Crippen LogP contribution is -2.03. The second kappa shape index (κ2) is 7.74. The largest absolute Gasteiger partial charge is 0.423 e. The summed E-state index contributed by atoms with van der Waals surface area (Å²) in [5.41, 5.74) is 4.88. The number of cyclic esters (lactones) is 1. The third kappa shape index (κ3) is 3.86. The molecular weight excluding hydrogens is 324 g/mol. The first kappa shape index (κ1) is 17.5. The van der Waals surface area contributed by atoms with Crippen molar-refractivity contribution in [3.63, 3.8) is 0 Å². The van der Waals surface area contributed by atoms with E-state index in [0.717, 1.165) is 22.4 Å².